The van der Waals surface area contributed by atoms with Gasteiger partial charge >= 0.3 is 5.97 Å². The second-order valence-corrected chi connectivity index (χ2v) is 11.6. The second-order valence-electron chi connectivity index (χ2n) is 11.6. The van der Waals surface area contributed by atoms with E-state index in [9.17, 15) is 14.4 Å². The molecule has 4 atom stereocenters. The van der Waals surface area contributed by atoms with Gasteiger partial charge in [-0.1, -0.05) is 24.6 Å². The zero-order chi connectivity index (χ0) is 26.9. The van der Waals surface area contributed by atoms with Crippen LogP contribution in [-0.4, -0.2) is 72.4 Å². The molecule has 6 rings (SSSR count). The van der Waals surface area contributed by atoms with E-state index in [2.05, 4.69) is 14.9 Å². The number of aromatic nitrogens is 2. The Kier molecular flexibility index (Phi) is 7.32. The molecule has 0 radical (unpaired) electrons. The van der Waals surface area contributed by atoms with E-state index in [1.165, 1.54) is 23.9 Å². The molecule has 2 bridgehead atoms. The second kappa shape index (κ2) is 11.0. The van der Waals surface area contributed by atoms with Crippen LogP contribution >= 0.6 is 0 Å². The van der Waals surface area contributed by atoms with E-state index in [1.54, 1.807) is 6.20 Å². The number of fused-ring (bicyclic) bond motifs is 2. The van der Waals surface area contributed by atoms with Crippen LogP contribution in [0.1, 0.15) is 45.4 Å². The Morgan fingerprint density at radius 2 is 1.77 bits per heavy atom. The van der Waals surface area contributed by atoms with Crippen molar-refractivity contribution in [1.82, 2.24) is 14.7 Å². The number of ether oxygens (including phenoxy) is 1. The van der Waals surface area contributed by atoms with Gasteiger partial charge in [-0.25, -0.2) is 0 Å². The first-order chi connectivity index (χ1) is 19.0. The van der Waals surface area contributed by atoms with E-state index >= 15 is 0 Å². The van der Waals surface area contributed by atoms with Crippen molar-refractivity contribution >= 4 is 23.3 Å². The van der Waals surface area contributed by atoms with Crippen LogP contribution in [0.4, 0.5) is 11.4 Å². The Hall–Kier alpha value is -3.36. The van der Waals surface area contributed by atoms with Crippen molar-refractivity contribution in [2.75, 3.05) is 55.7 Å². The largest absolute Gasteiger partial charge is 0.466 e. The minimum absolute atomic E-state index is 0.191. The summed E-state index contributed by atoms with van der Waals surface area (Å²) >= 11 is 0. The zero-order valence-corrected chi connectivity index (χ0v) is 22.8. The molecule has 4 fully saturated rings. The molecule has 2 aliphatic heterocycles. The number of piperidine rings is 1. The highest BCUT2D eigenvalue weighted by Gasteiger charge is 2.44. The number of carbonyl (C=O) groups is 2. The SMILES string of the molecule is CCOC(=O)C1CCCN(c2c(N3CCN(C(=O)C4C[C@@H]5CC[C@H]4C5)CC3)cnn(-c3ccccc3)c2=O)C1. The fourth-order valence-electron chi connectivity index (χ4n) is 7.30. The molecule has 208 valence electrons. The lowest BCUT2D eigenvalue weighted by Gasteiger charge is -2.40. The summed E-state index contributed by atoms with van der Waals surface area (Å²) in [6, 6.07) is 9.43. The van der Waals surface area contributed by atoms with E-state index in [0.29, 0.717) is 69.1 Å². The maximum absolute atomic E-state index is 14.0. The van der Waals surface area contributed by atoms with Crippen molar-refractivity contribution in [2.24, 2.45) is 23.7 Å². The number of hydrogen-bond acceptors (Lipinski definition) is 7. The molecule has 1 aromatic heterocycles. The number of rotatable bonds is 6. The number of hydrogen-bond donors (Lipinski definition) is 0. The average molecular weight is 534 g/mol. The molecule has 39 heavy (non-hydrogen) atoms. The first kappa shape index (κ1) is 25.9. The number of para-hydroxylation sites is 1. The molecule has 0 spiro atoms. The van der Waals surface area contributed by atoms with Crippen LogP contribution in [-0.2, 0) is 14.3 Å². The third kappa shape index (κ3) is 5.03. The lowest BCUT2D eigenvalue weighted by atomic mass is 9.87. The highest BCUT2D eigenvalue weighted by molar-refractivity contribution is 5.80. The summed E-state index contributed by atoms with van der Waals surface area (Å²) < 4.78 is 6.77. The van der Waals surface area contributed by atoms with Crippen LogP contribution < -0.4 is 15.4 Å². The number of nitrogens with zero attached hydrogens (tertiary/aromatic N) is 5. The van der Waals surface area contributed by atoms with Crippen molar-refractivity contribution < 1.29 is 14.3 Å². The molecule has 1 amide bonds. The van der Waals surface area contributed by atoms with Crippen molar-refractivity contribution in [1.29, 1.82) is 0 Å². The van der Waals surface area contributed by atoms with Crippen LogP contribution in [0.15, 0.2) is 41.3 Å². The van der Waals surface area contributed by atoms with E-state index in [4.69, 9.17) is 4.74 Å². The third-order valence-electron chi connectivity index (χ3n) is 9.28. The van der Waals surface area contributed by atoms with Gasteiger partial charge in [-0.3, -0.25) is 14.4 Å². The van der Waals surface area contributed by atoms with Crippen molar-refractivity contribution in [3.63, 3.8) is 0 Å². The predicted octanol–water partition coefficient (Wildman–Crippen LogP) is 3.10. The molecular weight excluding hydrogens is 494 g/mol. The Balaban J connectivity index is 1.26. The molecule has 9 heteroatoms. The molecule has 2 aliphatic carbocycles. The van der Waals surface area contributed by atoms with Gasteiger partial charge in [0.25, 0.3) is 5.56 Å². The number of carbonyl (C=O) groups excluding carboxylic acids is 2. The third-order valence-corrected chi connectivity index (χ3v) is 9.28. The molecule has 4 aliphatic rings. The minimum atomic E-state index is -0.263. The summed E-state index contributed by atoms with van der Waals surface area (Å²) in [7, 11) is 0. The maximum atomic E-state index is 14.0. The monoisotopic (exact) mass is 533 g/mol. The highest BCUT2D eigenvalue weighted by Crippen LogP contribution is 2.49. The van der Waals surface area contributed by atoms with Gasteiger partial charge in [0.2, 0.25) is 5.91 Å². The zero-order valence-electron chi connectivity index (χ0n) is 22.8. The highest BCUT2D eigenvalue weighted by atomic mass is 16.5. The van der Waals surface area contributed by atoms with E-state index in [0.717, 1.165) is 30.9 Å². The van der Waals surface area contributed by atoms with Crippen LogP contribution in [0, 0.1) is 23.7 Å². The Bertz CT molecular complexity index is 1260. The summed E-state index contributed by atoms with van der Waals surface area (Å²) in [6.07, 6.45) is 8.13. The summed E-state index contributed by atoms with van der Waals surface area (Å²) in [5.41, 5.74) is 1.87. The fourth-order valence-corrected chi connectivity index (χ4v) is 7.30. The van der Waals surface area contributed by atoms with Gasteiger partial charge in [0.15, 0.2) is 0 Å². The first-order valence-corrected chi connectivity index (χ1v) is 14.7. The van der Waals surface area contributed by atoms with Crippen LogP contribution in [0.3, 0.4) is 0 Å². The van der Waals surface area contributed by atoms with Gasteiger partial charge in [-0.2, -0.15) is 9.78 Å². The Morgan fingerprint density at radius 3 is 2.46 bits per heavy atom. The van der Waals surface area contributed by atoms with Gasteiger partial charge in [-0.05, 0) is 63.0 Å². The number of anilines is 2. The van der Waals surface area contributed by atoms with E-state index < -0.39 is 0 Å². The Morgan fingerprint density at radius 1 is 0.974 bits per heavy atom. The van der Waals surface area contributed by atoms with Crippen LogP contribution in [0.2, 0.25) is 0 Å². The van der Waals surface area contributed by atoms with Gasteiger partial charge in [0.1, 0.15) is 5.69 Å². The number of esters is 1. The summed E-state index contributed by atoms with van der Waals surface area (Å²) in [4.78, 5) is 46.2. The lowest BCUT2D eigenvalue weighted by molar-refractivity contribution is -0.148. The van der Waals surface area contributed by atoms with Gasteiger partial charge in [0, 0.05) is 45.2 Å². The van der Waals surface area contributed by atoms with Crippen molar-refractivity contribution in [3.05, 3.63) is 46.9 Å². The smallest absolute Gasteiger partial charge is 0.310 e. The Labute approximate surface area is 229 Å². The summed E-state index contributed by atoms with van der Waals surface area (Å²) in [6.45, 7) is 5.93. The van der Waals surface area contributed by atoms with Crippen molar-refractivity contribution in [3.8, 4) is 5.69 Å². The molecule has 1 aromatic carbocycles. The predicted molar refractivity (Wildman–Crippen MR) is 149 cm³/mol. The fraction of sp³-hybridized carbons (Fsp3) is 0.600. The lowest BCUT2D eigenvalue weighted by Crippen LogP contribution is -2.52. The van der Waals surface area contributed by atoms with Gasteiger partial charge < -0.3 is 19.4 Å². The van der Waals surface area contributed by atoms with Gasteiger partial charge in [-0.15, -0.1) is 0 Å². The molecule has 2 saturated heterocycles. The van der Waals surface area contributed by atoms with Crippen LogP contribution in [0.5, 0.6) is 0 Å². The standard InChI is InChI=1S/C30H39N5O4/c1-2-39-30(38)23-7-6-12-34(20-23)27-26(19-31-35(29(27)37)24-8-4-3-5-9-24)32-13-15-33(16-14-32)28(36)25-18-21-10-11-22(25)17-21/h3-5,8-9,19,21-23,25H,2,6-7,10-18,20H2,1H3/t21-,22+,23?,25?/m1/s1. The van der Waals surface area contributed by atoms with E-state index in [1.807, 2.05) is 42.2 Å². The molecule has 0 N–H and O–H groups in total. The van der Waals surface area contributed by atoms with E-state index in [-0.39, 0.29) is 23.4 Å². The number of amides is 1. The number of piperazine rings is 1. The molecule has 9 nitrogen and oxygen atoms in total. The minimum Gasteiger partial charge on any atom is -0.466 e. The topological polar surface area (TPSA) is 88.0 Å². The normalized spacial score (nSPS) is 26.6. The molecule has 3 heterocycles. The molecular formula is C30H39N5O4. The quantitative estimate of drug-likeness (QED) is 0.528. The first-order valence-electron chi connectivity index (χ1n) is 14.7. The van der Waals surface area contributed by atoms with Crippen molar-refractivity contribution in [2.45, 2.75) is 45.4 Å². The van der Waals surface area contributed by atoms with Gasteiger partial charge in [0.05, 0.1) is 30.1 Å². The van der Waals surface area contributed by atoms with Crippen LogP contribution in [0.25, 0.3) is 5.69 Å². The summed E-state index contributed by atoms with van der Waals surface area (Å²) in [5, 5.41) is 4.57. The molecule has 2 unspecified atom stereocenters. The maximum Gasteiger partial charge on any atom is 0.310 e. The molecule has 2 saturated carbocycles. The summed E-state index contributed by atoms with van der Waals surface area (Å²) in [5.74, 6) is 1.39. The number of benzene rings is 1. The average Bonchev–Trinajstić information content (AvgIpc) is 3.62. The molecule has 2 aromatic rings.